The number of carbonyl (C=O) groups excluding carboxylic acids is 3. The molecule has 0 bridgehead atoms. The molecule has 4 saturated carbocycles. The molecule has 0 unspecified atom stereocenters. The lowest BCUT2D eigenvalue weighted by Crippen LogP contribution is -2.54. The SMILES string of the molecule is C[C@]12CCC(=O)C[C@@H]1CC[C@@H]1[C@H]3CC[C@H](OC(=O)CCC(=O)[O-])[C@@]3(C)CC[C@@H]12. The van der Waals surface area contributed by atoms with Gasteiger partial charge in [0, 0.05) is 24.2 Å². The Morgan fingerprint density at radius 1 is 1.00 bits per heavy atom. The topological polar surface area (TPSA) is 83.5 Å². The van der Waals surface area contributed by atoms with Gasteiger partial charge in [0.15, 0.2) is 0 Å². The van der Waals surface area contributed by atoms with E-state index in [9.17, 15) is 19.5 Å². The molecule has 156 valence electrons. The van der Waals surface area contributed by atoms with E-state index < -0.39 is 11.9 Å². The van der Waals surface area contributed by atoms with Crippen LogP contribution in [0, 0.1) is 34.5 Å². The molecule has 0 heterocycles. The summed E-state index contributed by atoms with van der Waals surface area (Å²) in [6.45, 7) is 4.73. The van der Waals surface area contributed by atoms with Gasteiger partial charge < -0.3 is 14.6 Å². The maximum absolute atomic E-state index is 12.1. The highest BCUT2D eigenvalue weighted by Crippen LogP contribution is 2.66. The highest BCUT2D eigenvalue weighted by Gasteiger charge is 2.61. The second kappa shape index (κ2) is 7.14. The summed E-state index contributed by atoms with van der Waals surface area (Å²) in [6.07, 6.45) is 8.67. The van der Waals surface area contributed by atoms with Crippen molar-refractivity contribution in [2.45, 2.75) is 90.6 Å². The molecule has 28 heavy (non-hydrogen) atoms. The number of Topliss-reactive ketones (excluding diaryl/α,β-unsaturated/α-hetero) is 1. The van der Waals surface area contributed by atoms with Gasteiger partial charge in [0.25, 0.3) is 0 Å². The molecule has 4 aliphatic rings. The summed E-state index contributed by atoms with van der Waals surface area (Å²) in [7, 11) is 0. The van der Waals surface area contributed by atoms with E-state index in [2.05, 4.69) is 13.8 Å². The van der Waals surface area contributed by atoms with Crippen molar-refractivity contribution in [2.24, 2.45) is 34.5 Å². The van der Waals surface area contributed by atoms with Gasteiger partial charge >= 0.3 is 5.97 Å². The molecular formula is C23H33O5-. The molecule has 0 saturated heterocycles. The summed E-state index contributed by atoms with van der Waals surface area (Å²) in [6, 6.07) is 0. The average molecular weight is 390 g/mol. The number of carboxylic acid groups (broad SMARTS) is 1. The smallest absolute Gasteiger partial charge is 0.306 e. The Bertz CT molecular complexity index is 672. The van der Waals surface area contributed by atoms with Crippen molar-refractivity contribution < 1.29 is 24.2 Å². The normalized spacial score (nSPS) is 44.9. The highest BCUT2D eigenvalue weighted by molar-refractivity contribution is 5.79. The zero-order valence-corrected chi connectivity index (χ0v) is 17.2. The number of esters is 1. The Kier molecular flexibility index (Phi) is 5.08. The minimum atomic E-state index is -1.20. The van der Waals surface area contributed by atoms with E-state index in [1.807, 2.05) is 0 Å². The number of aliphatic carboxylic acids is 1. The number of carbonyl (C=O) groups is 3. The summed E-state index contributed by atoms with van der Waals surface area (Å²) >= 11 is 0. The zero-order chi connectivity index (χ0) is 20.1. The van der Waals surface area contributed by atoms with E-state index in [1.165, 1.54) is 6.42 Å². The van der Waals surface area contributed by atoms with Crippen molar-refractivity contribution >= 4 is 17.7 Å². The van der Waals surface area contributed by atoms with E-state index in [4.69, 9.17) is 4.74 Å². The van der Waals surface area contributed by atoms with Gasteiger partial charge in [-0.2, -0.15) is 0 Å². The quantitative estimate of drug-likeness (QED) is 0.690. The lowest BCUT2D eigenvalue weighted by Gasteiger charge is -2.60. The number of rotatable bonds is 4. The Labute approximate surface area is 167 Å². The Hall–Kier alpha value is -1.39. The summed E-state index contributed by atoms with van der Waals surface area (Å²) in [5, 5.41) is 10.6. The minimum absolute atomic E-state index is 0.00594. The van der Waals surface area contributed by atoms with Crippen LogP contribution in [0.25, 0.3) is 0 Å². The first kappa shape index (κ1) is 19.9. The van der Waals surface area contributed by atoms with Gasteiger partial charge in [-0.1, -0.05) is 13.8 Å². The molecule has 5 heteroatoms. The molecule has 4 aliphatic carbocycles. The van der Waals surface area contributed by atoms with Gasteiger partial charge in [-0.05, 0) is 80.5 Å². The number of carboxylic acids is 1. The van der Waals surface area contributed by atoms with Gasteiger partial charge in [-0.15, -0.1) is 0 Å². The first-order valence-corrected chi connectivity index (χ1v) is 11.1. The van der Waals surface area contributed by atoms with Crippen molar-refractivity contribution in [2.75, 3.05) is 0 Å². The molecule has 0 amide bonds. The van der Waals surface area contributed by atoms with E-state index in [1.54, 1.807) is 0 Å². The third-order valence-electron chi connectivity index (χ3n) is 9.20. The molecule has 0 aliphatic heterocycles. The molecule has 4 rings (SSSR count). The largest absolute Gasteiger partial charge is 0.550 e. The summed E-state index contributed by atoms with van der Waals surface area (Å²) in [5.41, 5.74) is 0.299. The van der Waals surface area contributed by atoms with Crippen LogP contribution in [0.1, 0.15) is 84.5 Å². The lowest BCUT2D eigenvalue weighted by atomic mass is 9.45. The summed E-state index contributed by atoms with van der Waals surface area (Å²) in [4.78, 5) is 34.7. The van der Waals surface area contributed by atoms with Crippen LogP contribution < -0.4 is 5.11 Å². The van der Waals surface area contributed by atoms with Gasteiger partial charge in [0.05, 0.1) is 6.42 Å². The van der Waals surface area contributed by atoms with Crippen LogP contribution in [0.3, 0.4) is 0 Å². The molecule has 7 atom stereocenters. The molecule has 4 fully saturated rings. The maximum atomic E-state index is 12.1. The number of ether oxygens (including phenoxy) is 1. The fraction of sp³-hybridized carbons (Fsp3) is 0.870. The van der Waals surface area contributed by atoms with E-state index in [0.717, 1.165) is 51.4 Å². The third kappa shape index (κ3) is 3.19. The summed E-state index contributed by atoms with van der Waals surface area (Å²) in [5.74, 6) is 1.32. The standard InChI is InChI=1S/C23H34O5/c1-22-11-9-15(24)13-14(22)3-4-16-17-5-6-19(23(17,2)12-10-18(16)22)28-21(27)8-7-20(25)26/h14,16-19H,3-13H2,1-2H3,(H,25,26)/p-1/t14-,16+,17+,18-,19-,22-,23-/m0/s1. The minimum Gasteiger partial charge on any atom is -0.550 e. The Morgan fingerprint density at radius 2 is 1.75 bits per heavy atom. The van der Waals surface area contributed by atoms with Crippen molar-refractivity contribution in [3.63, 3.8) is 0 Å². The number of hydrogen-bond acceptors (Lipinski definition) is 5. The second-order valence-electron chi connectivity index (χ2n) is 10.4. The van der Waals surface area contributed by atoms with E-state index >= 15 is 0 Å². The molecule has 0 aromatic carbocycles. The van der Waals surface area contributed by atoms with Crippen molar-refractivity contribution in [3.8, 4) is 0 Å². The van der Waals surface area contributed by atoms with Gasteiger partial charge in [-0.25, -0.2) is 0 Å². The van der Waals surface area contributed by atoms with Crippen LogP contribution in [0.2, 0.25) is 0 Å². The van der Waals surface area contributed by atoms with Gasteiger partial charge in [-0.3, -0.25) is 9.59 Å². The Balaban J connectivity index is 1.47. The molecular weight excluding hydrogens is 356 g/mol. The molecule has 0 aromatic heterocycles. The predicted octanol–water partition coefficient (Wildman–Crippen LogP) is 3.04. The van der Waals surface area contributed by atoms with Crippen LogP contribution in [-0.2, 0) is 19.1 Å². The van der Waals surface area contributed by atoms with Crippen LogP contribution in [-0.4, -0.2) is 23.8 Å². The zero-order valence-electron chi connectivity index (χ0n) is 17.2. The third-order valence-corrected chi connectivity index (χ3v) is 9.20. The van der Waals surface area contributed by atoms with Crippen LogP contribution in [0.15, 0.2) is 0 Å². The fourth-order valence-corrected chi connectivity index (χ4v) is 7.61. The highest BCUT2D eigenvalue weighted by atomic mass is 16.5. The van der Waals surface area contributed by atoms with E-state index in [0.29, 0.717) is 34.9 Å². The molecule has 0 radical (unpaired) electrons. The van der Waals surface area contributed by atoms with Gasteiger partial charge in [0.2, 0.25) is 0 Å². The van der Waals surface area contributed by atoms with Crippen molar-refractivity contribution in [1.29, 1.82) is 0 Å². The van der Waals surface area contributed by atoms with Crippen LogP contribution >= 0.6 is 0 Å². The van der Waals surface area contributed by atoms with Gasteiger partial charge in [0.1, 0.15) is 11.9 Å². The van der Waals surface area contributed by atoms with Crippen LogP contribution in [0.5, 0.6) is 0 Å². The Morgan fingerprint density at radius 3 is 2.50 bits per heavy atom. The molecule has 0 spiro atoms. The molecule has 0 aromatic rings. The molecule has 5 nitrogen and oxygen atoms in total. The fourth-order valence-electron chi connectivity index (χ4n) is 7.61. The van der Waals surface area contributed by atoms with E-state index in [-0.39, 0.29) is 24.4 Å². The number of fused-ring (bicyclic) bond motifs is 5. The van der Waals surface area contributed by atoms with Crippen molar-refractivity contribution in [1.82, 2.24) is 0 Å². The predicted molar refractivity (Wildman–Crippen MR) is 101 cm³/mol. The maximum Gasteiger partial charge on any atom is 0.306 e. The van der Waals surface area contributed by atoms with Crippen molar-refractivity contribution in [3.05, 3.63) is 0 Å². The first-order valence-electron chi connectivity index (χ1n) is 11.1. The first-order chi connectivity index (χ1) is 13.2. The average Bonchev–Trinajstić information content (AvgIpc) is 2.97. The lowest BCUT2D eigenvalue weighted by molar-refractivity contribution is -0.305. The monoisotopic (exact) mass is 389 g/mol. The number of ketones is 1. The second-order valence-corrected chi connectivity index (χ2v) is 10.4. The number of hydrogen-bond donors (Lipinski definition) is 0. The summed E-state index contributed by atoms with van der Waals surface area (Å²) < 4.78 is 5.79. The molecule has 0 N–H and O–H groups in total. The van der Waals surface area contributed by atoms with Crippen LogP contribution in [0.4, 0.5) is 0 Å².